The van der Waals surface area contributed by atoms with Crippen LogP contribution in [0.2, 0.25) is 0 Å². The number of rotatable bonds is 5. The van der Waals surface area contributed by atoms with E-state index in [4.69, 9.17) is 0 Å². The summed E-state index contributed by atoms with van der Waals surface area (Å²) in [6, 6.07) is 14.4. The van der Waals surface area contributed by atoms with Gasteiger partial charge in [0.2, 0.25) is 0 Å². The molecule has 5 nitrogen and oxygen atoms in total. The van der Waals surface area contributed by atoms with Crippen molar-refractivity contribution >= 4 is 17.5 Å². The molecule has 0 saturated heterocycles. The topological polar surface area (TPSA) is 58.1 Å². The zero-order chi connectivity index (χ0) is 19.4. The van der Waals surface area contributed by atoms with Gasteiger partial charge in [0, 0.05) is 13.6 Å². The largest absolute Gasteiger partial charge is 0.354 e. The minimum atomic E-state index is -1.70. The number of hydrogen-bond donors (Lipinski definition) is 1. The van der Waals surface area contributed by atoms with E-state index in [1.54, 1.807) is 6.07 Å². The van der Waals surface area contributed by atoms with Crippen LogP contribution >= 0.6 is 0 Å². The number of nitrogens with one attached hydrogen (secondary N) is 1. The van der Waals surface area contributed by atoms with E-state index < -0.39 is 28.9 Å². The van der Waals surface area contributed by atoms with Gasteiger partial charge in [0.15, 0.2) is 29.1 Å². The number of carbonyl (C=O) groups is 1. The van der Waals surface area contributed by atoms with Crippen molar-refractivity contribution in [3.8, 4) is 0 Å². The maximum atomic E-state index is 13.7. The summed E-state index contributed by atoms with van der Waals surface area (Å²) in [6.07, 6.45) is 0. The molecular formula is C19H15F3N4O. The second-order valence-electron chi connectivity index (χ2n) is 5.80. The molecule has 0 radical (unpaired) electrons. The minimum absolute atomic E-state index is 0.0565. The average molecular weight is 372 g/mol. The normalized spacial score (nSPS) is 10.5. The zero-order valence-electron chi connectivity index (χ0n) is 14.3. The third kappa shape index (κ3) is 4.22. The quantitative estimate of drug-likeness (QED) is 0.693. The highest BCUT2D eigenvalue weighted by molar-refractivity contribution is 6.03. The third-order valence-electron chi connectivity index (χ3n) is 3.83. The predicted octanol–water partition coefficient (Wildman–Crippen LogP) is 3.78. The first-order chi connectivity index (χ1) is 13.0. The highest BCUT2D eigenvalue weighted by Gasteiger charge is 2.19. The Morgan fingerprint density at radius 2 is 1.70 bits per heavy atom. The lowest BCUT2D eigenvalue weighted by molar-refractivity contribution is 0.102. The number of halogens is 3. The van der Waals surface area contributed by atoms with Crippen molar-refractivity contribution in [2.24, 2.45) is 0 Å². The van der Waals surface area contributed by atoms with Crippen LogP contribution in [0.25, 0.3) is 0 Å². The Bertz CT molecular complexity index is 949. The summed E-state index contributed by atoms with van der Waals surface area (Å²) in [7, 11) is 1.84. The average Bonchev–Trinajstić information content (AvgIpc) is 2.67. The van der Waals surface area contributed by atoms with Crippen molar-refractivity contribution in [2.75, 3.05) is 17.3 Å². The molecule has 0 spiro atoms. The number of anilines is 2. The molecule has 0 atom stereocenters. The molecule has 0 fully saturated rings. The molecule has 0 aliphatic rings. The van der Waals surface area contributed by atoms with E-state index >= 15 is 0 Å². The Hall–Kier alpha value is -3.42. The van der Waals surface area contributed by atoms with Gasteiger partial charge in [-0.2, -0.15) is 0 Å². The van der Waals surface area contributed by atoms with Crippen molar-refractivity contribution < 1.29 is 18.0 Å². The van der Waals surface area contributed by atoms with Crippen molar-refractivity contribution in [2.45, 2.75) is 6.54 Å². The van der Waals surface area contributed by atoms with Gasteiger partial charge in [-0.25, -0.2) is 13.2 Å². The van der Waals surface area contributed by atoms with Crippen LogP contribution < -0.4 is 10.2 Å². The molecule has 0 aliphatic carbocycles. The molecule has 1 N–H and O–H groups in total. The van der Waals surface area contributed by atoms with Gasteiger partial charge in [0.25, 0.3) is 5.91 Å². The summed E-state index contributed by atoms with van der Waals surface area (Å²) in [4.78, 5) is 13.9. The van der Waals surface area contributed by atoms with Crippen LogP contribution in [0.4, 0.5) is 24.8 Å². The standard InChI is InChI=1S/C19H15F3N4O/c1-26(11-12-5-3-2-4-6-12)16-10-9-15(24-25-16)23-19(27)13-7-8-14(20)18(22)17(13)21/h2-10H,11H2,1H3,(H,23,24,27). The third-order valence-corrected chi connectivity index (χ3v) is 3.83. The molecule has 8 heteroatoms. The first-order valence-electron chi connectivity index (χ1n) is 7.99. The number of nitrogens with zero attached hydrogens (tertiary/aromatic N) is 3. The highest BCUT2D eigenvalue weighted by Crippen LogP contribution is 2.17. The van der Waals surface area contributed by atoms with Crippen LogP contribution in [-0.4, -0.2) is 23.2 Å². The van der Waals surface area contributed by atoms with Crippen LogP contribution in [0, 0.1) is 17.5 Å². The van der Waals surface area contributed by atoms with E-state index in [1.807, 2.05) is 42.3 Å². The first kappa shape index (κ1) is 18.4. The summed E-state index contributed by atoms with van der Waals surface area (Å²) in [5.74, 6) is -4.95. The molecule has 0 bridgehead atoms. The van der Waals surface area contributed by atoms with Crippen molar-refractivity contribution in [1.29, 1.82) is 0 Å². The van der Waals surface area contributed by atoms with Crippen LogP contribution in [0.3, 0.4) is 0 Å². The smallest absolute Gasteiger partial charge is 0.259 e. The molecule has 0 unspecified atom stereocenters. The monoisotopic (exact) mass is 372 g/mol. The maximum Gasteiger partial charge on any atom is 0.259 e. The van der Waals surface area contributed by atoms with Crippen LogP contribution in [-0.2, 0) is 6.54 Å². The zero-order valence-corrected chi connectivity index (χ0v) is 14.3. The number of amides is 1. The van der Waals surface area contributed by atoms with E-state index in [0.29, 0.717) is 18.4 Å². The molecular weight excluding hydrogens is 357 g/mol. The van der Waals surface area contributed by atoms with E-state index in [-0.39, 0.29) is 5.82 Å². The summed E-state index contributed by atoms with van der Waals surface area (Å²) in [6.45, 7) is 0.612. The second-order valence-corrected chi connectivity index (χ2v) is 5.80. The molecule has 0 saturated carbocycles. The molecule has 1 heterocycles. The Kier molecular flexibility index (Phi) is 5.35. The van der Waals surface area contributed by atoms with Crippen molar-refractivity contribution in [1.82, 2.24) is 10.2 Å². The fourth-order valence-corrected chi connectivity index (χ4v) is 2.42. The van der Waals surface area contributed by atoms with Gasteiger partial charge >= 0.3 is 0 Å². The molecule has 3 aromatic rings. The molecule has 1 aromatic heterocycles. The lowest BCUT2D eigenvalue weighted by Crippen LogP contribution is -2.19. The van der Waals surface area contributed by atoms with Crippen LogP contribution in [0.1, 0.15) is 15.9 Å². The van der Waals surface area contributed by atoms with E-state index in [2.05, 4.69) is 15.5 Å². The summed E-state index contributed by atoms with van der Waals surface area (Å²) in [5.41, 5.74) is 0.467. The van der Waals surface area contributed by atoms with Gasteiger partial charge in [0.05, 0.1) is 5.56 Å². The summed E-state index contributed by atoms with van der Waals surface area (Å²) in [5, 5.41) is 10.2. The second kappa shape index (κ2) is 7.86. The summed E-state index contributed by atoms with van der Waals surface area (Å²) >= 11 is 0. The number of benzene rings is 2. The fourth-order valence-electron chi connectivity index (χ4n) is 2.42. The van der Waals surface area contributed by atoms with Gasteiger partial charge in [-0.1, -0.05) is 30.3 Å². The number of carbonyl (C=O) groups excluding carboxylic acids is 1. The van der Waals surface area contributed by atoms with Gasteiger partial charge in [-0.05, 0) is 29.8 Å². The fraction of sp³-hybridized carbons (Fsp3) is 0.105. The lowest BCUT2D eigenvalue weighted by Gasteiger charge is -2.17. The summed E-state index contributed by atoms with van der Waals surface area (Å²) < 4.78 is 39.9. The molecule has 2 aromatic carbocycles. The SMILES string of the molecule is CN(Cc1ccccc1)c1ccc(NC(=O)c2ccc(F)c(F)c2F)nn1. The first-order valence-corrected chi connectivity index (χ1v) is 7.99. The predicted molar refractivity (Wildman–Crippen MR) is 94.9 cm³/mol. The van der Waals surface area contributed by atoms with Crippen LogP contribution in [0.5, 0.6) is 0 Å². The van der Waals surface area contributed by atoms with Gasteiger partial charge in [-0.3, -0.25) is 4.79 Å². The number of hydrogen-bond acceptors (Lipinski definition) is 4. The molecule has 3 rings (SSSR count). The van der Waals surface area contributed by atoms with Gasteiger partial charge in [-0.15, -0.1) is 10.2 Å². The highest BCUT2D eigenvalue weighted by atomic mass is 19.2. The Balaban J connectivity index is 1.69. The van der Waals surface area contributed by atoms with Gasteiger partial charge in [0.1, 0.15) is 0 Å². The molecule has 27 heavy (non-hydrogen) atoms. The molecule has 1 amide bonds. The van der Waals surface area contributed by atoms with Crippen molar-refractivity contribution in [3.05, 3.63) is 83.2 Å². The maximum absolute atomic E-state index is 13.7. The minimum Gasteiger partial charge on any atom is -0.354 e. The molecule has 138 valence electrons. The van der Waals surface area contributed by atoms with E-state index in [9.17, 15) is 18.0 Å². The molecule has 0 aliphatic heterocycles. The van der Waals surface area contributed by atoms with E-state index in [0.717, 1.165) is 11.6 Å². The Morgan fingerprint density at radius 1 is 0.963 bits per heavy atom. The van der Waals surface area contributed by atoms with E-state index in [1.165, 1.54) is 6.07 Å². The Labute approximate surface area is 153 Å². The van der Waals surface area contributed by atoms with Gasteiger partial charge < -0.3 is 10.2 Å². The van der Waals surface area contributed by atoms with Crippen molar-refractivity contribution in [3.63, 3.8) is 0 Å². The lowest BCUT2D eigenvalue weighted by atomic mass is 10.2. The van der Waals surface area contributed by atoms with Crippen LogP contribution in [0.15, 0.2) is 54.6 Å². The number of aromatic nitrogens is 2. The Morgan fingerprint density at radius 3 is 2.37 bits per heavy atom.